The minimum atomic E-state index is -0.0620. The van der Waals surface area contributed by atoms with Crippen LogP contribution in [-0.2, 0) is 4.79 Å². The van der Waals surface area contributed by atoms with E-state index in [1.54, 1.807) is 0 Å². The van der Waals surface area contributed by atoms with Crippen LogP contribution in [0.5, 0.6) is 0 Å². The Kier molecular flexibility index (Phi) is 3.66. The van der Waals surface area contributed by atoms with Gasteiger partial charge in [0.15, 0.2) is 5.13 Å². The first-order valence-corrected chi connectivity index (χ1v) is 7.46. The zero-order valence-electron chi connectivity index (χ0n) is 10.9. The summed E-state index contributed by atoms with van der Waals surface area (Å²) in [5, 5.41) is 8.59. The Labute approximate surface area is 121 Å². The lowest BCUT2D eigenvalue weighted by Crippen LogP contribution is -2.35. The predicted octanol–water partition coefficient (Wildman–Crippen LogP) is 2.08. The van der Waals surface area contributed by atoms with E-state index in [-0.39, 0.29) is 11.9 Å². The number of benzene rings is 1. The maximum absolute atomic E-state index is 12.0. The van der Waals surface area contributed by atoms with Crippen molar-refractivity contribution in [3.05, 3.63) is 29.6 Å². The zero-order valence-corrected chi connectivity index (χ0v) is 11.7. The highest BCUT2D eigenvalue weighted by Crippen LogP contribution is 2.24. The molecule has 5 nitrogen and oxygen atoms in total. The van der Waals surface area contributed by atoms with E-state index in [9.17, 15) is 4.79 Å². The van der Waals surface area contributed by atoms with Crippen LogP contribution in [0.2, 0.25) is 0 Å². The van der Waals surface area contributed by atoms with Crippen molar-refractivity contribution in [1.29, 1.82) is 0 Å². The maximum Gasteiger partial charge on any atom is 0.241 e. The van der Waals surface area contributed by atoms with Gasteiger partial charge in [0.05, 0.1) is 11.7 Å². The van der Waals surface area contributed by atoms with Gasteiger partial charge in [-0.05, 0) is 31.5 Å². The number of nitrogens with one attached hydrogen (secondary N) is 2. The van der Waals surface area contributed by atoms with E-state index >= 15 is 0 Å². The van der Waals surface area contributed by atoms with Crippen LogP contribution < -0.4 is 16.4 Å². The van der Waals surface area contributed by atoms with Gasteiger partial charge in [-0.2, -0.15) is 0 Å². The molecule has 1 aromatic carbocycles. The number of aromatic nitrogens is 1. The highest BCUT2D eigenvalue weighted by atomic mass is 32.1. The summed E-state index contributed by atoms with van der Waals surface area (Å²) in [4.78, 5) is 16.2. The van der Waals surface area contributed by atoms with E-state index in [1.807, 2.05) is 29.6 Å². The van der Waals surface area contributed by atoms with E-state index in [4.69, 9.17) is 5.73 Å². The first kappa shape index (κ1) is 13.1. The molecule has 0 spiro atoms. The largest absolute Gasteiger partial charge is 0.375 e. The van der Waals surface area contributed by atoms with Gasteiger partial charge in [0.2, 0.25) is 5.91 Å². The summed E-state index contributed by atoms with van der Waals surface area (Å²) in [5.74, 6) is 0.0353. The van der Waals surface area contributed by atoms with Crippen molar-refractivity contribution in [2.45, 2.75) is 18.9 Å². The van der Waals surface area contributed by atoms with Crippen LogP contribution in [0.1, 0.15) is 12.8 Å². The summed E-state index contributed by atoms with van der Waals surface area (Å²) < 4.78 is 0. The summed E-state index contributed by atoms with van der Waals surface area (Å²) in [6.45, 7) is 0.919. The summed E-state index contributed by atoms with van der Waals surface area (Å²) in [5.41, 5.74) is 8.29. The quantitative estimate of drug-likeness (QED) is 0.808. The highest BCUT2D eigenvalue weighted by Gasteiger charge is 2.21. The molecule has 6 heteroatoms. The standard InChI is InChI=1S/C14H16N4OS/c15-14-18-12(8-20-14)9-3-5-10(6-4-9)17-13(19)11-2-1-7-16-11/h3-6,8,11,16H,1-2,7H2,(H2,15,18)(H,17,19). The number of hydrogen-bond acceptors (Lipinski definition) is 5. The number of carbonyl (C=O) groups excluding carboxylic acids is 1. The smallest absolute Gasteiger partial charge is 0.241 e. The first-order chi connectivity index (χ1) is 9.72. The van der Waals surface area contributed by atoms with Crippen LogP contribution in [0.15, 0.2) is 29.6 Å². The van der Waals surface area contributed by atoms with E-state index in [2.05, 4.69) is 15.6 Å². The fraction of sp³-hybridized carbons (Fsp3) is 0.286. The second-order valence-corrected chi connectivity index (χ2v) is 5.68. The van der Waals surface area contributed by atoms with Crippen molar-refractivity contribution >= 4 is 28.1 Å². The van der Waals surface area contributed by atoms with Crippen molar-refractivity contribution in [2.75, 3.05) is 17.6 Å². The molecule has 1 fully saturated rings. The van der Waals surface area contributed by atoms with Gasteiger partial charge in [0.25, 0.3) is 0 Å². The third kappa shape index (κ3) is 2.81. The van der Waals surface area contributed by atoms with Gasteiger partial charge < -0.3 is 16.4 Å². The van der Waals surface area contributed by atoms with Crippen LogP contribution >= 0.6 is 11.3 Å². The Bertz CT molecular complexity index is 602. The Morgan fingerprint density at radius 1 is 1.40 bits per heavy atom. The number of rotatable bonds is 3. The molecule has 0 saturated carbocycles. The second-order valence-electron chi connectivity index (χ2n) is 4.79. The van der Waals surface area contributed by atoms with Crippen LogP contribution in [-0.4, -0.2) is 23.5 Å². The van der Waals surface area contributed by atoms with Gasteiger partial charge >= 0.3 is 0 Å². The fourth-order valence-corrected chi connectivity index (χ4v) is 2.85. The van der Waals surface area contributed by atoms with Crippen molar-refractivity contribution in [3.63, 3.8) is 0 Å². The van der Waals surface area contributed by atoms with Gasteiger partial charge in [-0.25, -0.2) is 4.98 Å². The van der Waals surface area contributed by atoms with Crippen molar-refractivity contribution < 1.29 is 4.79 Å². The Hall–Kier alpha value is -1.92. The fourth-order valence-electron chi connectivity index (χ4n) is 2.28. The average Bonchev–Trinajstić information content (AvgIpc) is 3.10. The van der Waals surface area contributed by atoms with E-state index < -0.39 is 0 Å². The van der Waals surface area contributed by atoms with E-state index in [0.29, 0.717) is 5.13 Å². The molecule has 3 rings (SSSR count). The lowest BCUT2D eigenvalue weighted by molar-refractivity contribution is -0.117. The van der Waals surface area contributed by atoms with Crippen molar-refractivity contribution in [1.82, 2.24) is 10.3 Å². The van der Waals surface area contributed by atoms with Crippen LogP contribution in [0.3, 0.4) is 0 Å². The lowest BCUT2D eigenvalue weighted by Gasteiger charge is -2.11. The van der Waals surface area contributed by atoms with Crippen LogP contribution in [0, 0.1) is 0 Å². The molecule has 1 aliphatic heterocycles. The number of nitrogens with two attached hydrogens (primary N) is 1. The lowest BCUT2D eigenvalue weighted by atomic mass is 10.1. The number of hydrogen-bond donors (Lipinski definition) is 3. The molecule has 1 saturated heterocycles. The van der Waals surface area contributed by atoms with Crippen LogP contribution in [0.25, 0.3) is 11.3 Å². The van der Waals surface area contributed by atoms with Gasteiger partial charge in [-0.15, -0.1) is 11.3 Å². The maximum atomic E-state index is 12.0. The molecule has 0 aliphatic carbocycles. The normalized spacial score (nSPS) is 18.1. The van der Waals surface area contributed by atoms with E-state index in [1.165, 1.54) is 11.3 Å². The molecular formula is C14H16N4OS. The van der Waals surface area contributed by atoms with Crippen LogP contribution in [0.4, 0.5) is 10.8 Å². The molecule has 0 radical (unpaired) electrons. The molecule has 1 atom stereocenters. The minimum Gasteiger partial charge on any atom is -0.375 e. The van der Waals surface area contributed by atoms with E-state index in [0.717, 1.165) is 36.3 Å². The minimum absolute atomic E-state index is 0.0353. The second kappa shape index (κ2) is 5.60. The van der Waals surface area contributed by atoms with Gasteiger partial charge in [-0.3, -0.25) is 4.79 Å². The molecule has 20 heavy (non-hydrogen) atoms. The van der Waals surface area contributed by atoms with Gasteiger partial charge in [0, 0.05) is 16.6 Å². The number of nitrogens with zero attached hydrogens (tertiary/aromatic N) is 1. The summed E-state index contributed by atoms with van der Waals surface area (Å²) in [6, 6.07) is 7.58. The topological polar surface area (TPSA) is 80.0 Å². The molecule has 104 valence electrons. The molecule has 0 bridgehead atoms. The summed E-state index contributed by atoms with van der Waals surface area (Å²) in [6.07, 6.45) is 1.96. The number of carbonyl (C=O) groups is 1. The monoisotopic (exact) mass is 288 g/mol. The third-order valence-corrected chi connectivity index (χ3v) is 4.02. The molecule has 2 aromatic rings. The SMILES string of the molecule is Nc1nc(-c2ccc(NC(=O)C3CCCN3)cc2)cs1. The molecular weight excluding hydrogens is 272 g/mol. The highest BCUT2D eigenvalue weighted by molar-refractivity contribution is 7.13. The van der Waals surface area contributed by atoms with Gasteiger partial charge in [-0.1, -0.05) is 12.1 Å². The molecule has 2 heterocycles. The number of thiazole rings is 1. The number of nitrogen functional groups attached to an aromatic ring is 1. The number of amides is 1. The Morgan fingerprint density at radius 3 is 2.80 bits per heavy atom. The van der Waals surface area contributed by atoms with Gasteiger partial charge in [0.1, 0.15) is 0 Å². The average molecular weight is 288 g/mol. The Morgan fingerprint density at radius 2 is 2.20 bits per heavy atom. The zero-order chi connectivity index (χ0) is 13.9. The molecule has 1 amide bonds. The molecule has 4 N–H and O–H groups in total. The predicted molar refractivity (Wildman–Crippen MR) is 81.6 cm³/mol. The Balaban J connectivity index is 1.68. The summed E-state index contributed by atoms with van der Waals surface area (Å²) in [7, 11) is 0. The molecule has 1 aliphatic rings. The third-order valence-electron chi connectivity index (χ3n) is 3.35. The molecule has 1 aromatic heterocycles. The summed E-state index contributed by atoms with van der Waals surface area (Å²) >= 11 is 1.42. The molecule has 1 unspecified atom stereocenters. The number of anilines is 2. The van der Waals surface area contributed by atoms with Crippen molar-refractivity contribution in [3.8, 4) is 11.3 Å². The van der Waals surface area contributed by atoms with Crippen molar-refractivity contribution in [2.24, 2.45) is 0 Å². The first-order valence-electron chi connectivity index (χ1n) is 6.58.